The highest BCUT2D eigenvalue weighted by Crippen LogP contribution is 2.29. The van der Waals surface area contributed by atoms with E-state index in [-0.39, 0.29) is 30.2 Å². The Morgan fingerprint density at radius 3 is 2.54 bits per heavy atom. The first-order chi connectivity index (χ1) is 13.6. The van der Waals surface area contributed by atoms with Crippen molar-refractivity contribution in [2.24, 2.45) is 0 Å². The van der Waals surface area contributed by atoms with E-state index >= 15 is 0 Å². The molecule has 0 radical (unpaired) electrons. The van der Waals surface area contributed by atoms with E-state index in [1.165, 1.54) is 6.42 Å². The van der Waals surface area contributed by atoms with Crippen LogP contribution >= 0.6 is 0 Å². The van der Waals surface area contributed by atoms with Crippen molar-refractivity contribution in [2.75, 3.05) is 11.9 Å². The molecule has 6 heteroatoms. The minimum Gasteiger partial charge on any atom is -0.482 e. The Labute approximate surface area is 163 Å². The van der Waals surface area contributed by atoms with Gasteiger partial charge in [0, 0.05) is 17.2 Å². The number of rotatable bonds is 4. The topological polar surface area (TPSA) is 84.5 Å². The van der Waals surface area contributed by atoms with Crippen molar-refractivity contribution in [2.45, 2.75) is 38.1 Å². The number of fused-ring (bicyclic) bond motifs is 1. The summed E-state index contributed by atoms with van der Waals surface area (Å²) in [6.45, 7) is -0.0372. The molecule has 1 heterocycles. The van der Waals surface area contributed by atoms with Gasteiger partial charge in [-0.15, -0.1) is 0 Å². The largest absolute Gasteiger partial charge is 0.482 e. The average Bonchev–Trinajstić information content (AvgIpc) is 2.73. The van der Waals surface area contributed by atoms with Crippen molar-refractivity contribution in [3.63, 3.8) is 0 Å². The minimum absolute atomic E-state index is 0.0372. The molecule has 1 fully saturated rings. The second kappa shape index (κ2) is 7.84. The third-order valence-electron chi connectivity index (χ3n) is 5.23. The van der Waals surface area contributed by atoms with Crippen molar-refractivity contribution in [1.29, 1.82) is 0 Å². The molecule has 0 unspecified atom stereocenters. The lowest BCUT2D eigenvalue weighted by Crippen LogP contribution is -2.36. The Bertz CT molecular complexity index is 932. The van der Waals surface area contributed by atoms with Gasteiger partial charge in [0.25, 0.3) is 11.8 Å². The molecule has 2 aromatic rings. The zero-order valence-corrected chi connectivity index (χ0v) is 15.5. The molecule has 6 nitrogen and oxygen atoms in total. The summed E-state index contributed by atoms with van der Waals surface area (Å²) < 4.78 is 5.34. The van der Waals surface area contributed by atoms with Crippen molar-refractivity contribution in [3.8, 4) is 5.75 Å². The van der Waals surface area contributed by atoms with E-state index < -0.39 is 0 Å². The van der Waals surface area contributed by atoms with E-state index in [1.807, 2.05) is 0 Å². The molecule has 144 valence electrons. The maximum absolute atomic E-state index is 13.1. The standard InChI is InChI=1S/C22H22N2O4/c25-20-13-28-19-11-10-14(12-18(19)24-20)21(26)16-8-4-5-9-17(16)22(27)23-15-6-2-1-3-7-15/h4-5,8-12,15H,1-3,6-7,13H2,(H,23,27)(H,24,25). The molecule has 0 bridgehead atoms. The Kier molecular flexibility index (Phi) is 5.10. The molecule has 28 heavy (non-hydrogen) atoms. The molecule has 2 N–H and O–H groups in total. The summed E-state index contributed by atoms with van der Waals surface area (Å²) >= 11 is 0. The van der Waals surface area contributed by atoms with Crippen LogP contribution in [-0.4, -0.2) is 30.2 Å². The molecule has 1 saturated carbocycles. The van der Waals surface area contributed by atoms with Gasteiger partial charge in [-0.25, -0.2) is 0 Å². The van der Waals surface area contributed by atoms with Crippen molar-refractivity contribution in [3.05, 3.63) is 59.2 Å². The van der Waals surface area contributed by atoms with Crippen molar-refractivity contribution < 1.29 is 19.1 Å². The molecule has 1 aliphatic carbocycles. The number of carbonyl (C=O) groups excluding carboxylic acids is 3. The normalized spacial score (nSPS) is 16.5. The highest BCUT2D eigenvalue weighted by molar-refractivity contribution is 6.16. The highest BCUT2D eigenvalue weighted by atomic mass is 16.5. The Hall–Kier alpha value is -3.15. The van der Waals surface area contributed by atoms with Crippen molar-refractivity contribution in [1.82, 2.24) is 5.32 Å². The van der Waals surface area contributed by atoms with Crippen LogP contribution in [0, 0.1) is 0 Å². The molecule has 0 aromatic heterocycles. The third kappa shape index (κ3) is 3.76. The second-order valence-corrected chi connectivity index (χ2v) is 7.23. The molecule has 0 saturated heterocycles. The zero-order chi connectivity index (χ0) is 19.5. The predicted molar refractivity (Wildman–Crippen MR) is 105 cm³/mol. The van der Waals surface area contributed by atoms with Gasteiger partial charge in [0.05, 0.1) is 11.3 Å². The summed E-state index contributed by atoms with van der Waals surface area (Å²) in [5.41, 5.74) is 1.57. The van der Waals surface area contributed by atoms with Gasteiger partial charge in [0.1, 0.15) is 5.75 Å². The number of ketones is 1. The first-order valence-electron chi connectivity index (χ1n) is 9.63. The molecule has 4 rings (SSSR count). The number of anilines is 1. The predicted octanol–water partition coefficient (Wildman–Crippen LogP) is 3.31. The van der Waals surface area contributed by atoms with Crippen LogP contribution in [0.5, 0.6) is 5.75 Å². The van der Waals surface area contributed by atoms with Crippen LogP contribution in [-0.2, 0) is 4.79 Å². The molecule has 2 amide bonds. The Morgan fingerprint density at radius 2 is 1.75 bits per heavy atom. The fourth-order valence-corrected chi connectivity index (χ4v) is 3.77. The van der Waals surface area contributed by atoms with Gasteiger partial charge in [0.2, 0.25) is 0 Å². The quantitative estimate of drug-likeness (QED) is 0.800. The first kappa shape index (κ1) is 18.2. The van der Waals surface area contributed by atoms with Gasteiger partial charge < -0.3 is 15.4 Å². The lowest BCUT2D eigenvalue weighted by atomic mass is 9.94. The van der Waals surface area contributed by atoms with Crippen molar-refractivity contribution >= 4 is 23.3 Å². The highest BCUT2D eigenvalue weighted by Gasteiger charge is 2.23. The molecule has 0 spiro atoms. The van der Waals surface area contributed by atoms with Gasteiger partial charge in [-0.1, -0.05) is 37.5 Å². The van der Waals surface area contributed by atoms with Crippen LogP contribution in [0.25, 0.3) is 0 Å². The number of carbonyl (C=O) groups is 3. The van der Waals surface area contributed by atoms with Crippen LogP contribution in [0.3, 0.4) is 0 Å². The van der Waals surface area contributed by atoms with Gasteiger partial charge in [-0.05, 0) is 37.1 Å². The molecule has 2 aromatic carbocycles. The number of nitrogens with one attached hydrogen (secondary N) is 2. The van der Waals surface area contributed by atoms with E-state index in [0.29, 0.717) is 28.1 Å². The molecule has 1 aliphatic heterocycles. The Morgan fingerprint density at radius 1 is 1.00 bits per heavy atom. The van der Waals surface area contributed by atoms with E-state index in [2.05, 4.69) is 10.6 Å². The third-order valence-corrected chi connectivity index (χ3v) is 5.23. The fraction of sp³-hybridized carbons (Fsp3) is 0.318. The lowest BCUT2D eigenvalue weighted by Gasteiger charge is -2.23. The molecule has 2 aliphatic rings. The summed E-state index contributed by atoms with van der Waals surface area (Å²) in [6, 6.07) is 11.9. The van der Waals surface area contributed by atoms with Crippen LogP contribution in [0.15, 0.2) is 42.5 Å². The fourth-order valence-electron chi connectivity index (χ4n) is 3.77. The number of hydrogen-bond acceptors (Lipinski definition) is 4. The van der Waals surface area contributed by atoms with E-state index in [4.69, 9.17) is 4.74 Å². The maximum Gasteiger partial charge on any atom is 0.262 e. The summed E-state index contributed by atoms with van der Waals surface area (Å²) in [5.74, 6) is -0.216. The van der Waals surface area contributed by atoms with Gasteiger partial charge in [-0.3, -0.25) is 14.4 Å². The Balaban J connectivity index is 1.59. The minimum atomic E-state index is -0.267. The number of hydrogen-bond donors (Lipinski definition) is 2. The summed E-state index contributed by atoms with van der Waals surface area (Å²) in [5, 5.41) is 5.77. The van der Waals surface area contributed by atoms with E-state index in [1.54, 1.807) is 42.5 Å². The van der Waals surface area contributed by atoms with Gasteiger partial charge >= 0.3 is 0 Å². The van der Waals surface area contributed by atoms with Crippen LogP contribution in [0.4, 0.5) is 5.69 Å². The smallest absolute Gasteiger partial charge is 0.262 e. The van der Waals surface area contributed by atoms with Gasteiger partial charge in [-0.2, -0.15) is 0 Å². The first-order valence-corrected chi connectivity index (χ1v) is 9.63. The monoisotopic (exact) mass is 378 g/mol. The van der Waals surface area contributed by atoms with Gasteiger partial charge in [0.15, 0.2) is 12.4 Å². The zero-order valence-electron chi connectivity index (χ0n) is 15.5. The molecular weight excluding hydrogens is 356 g/mol. The number of benzene rings is 2. The average molecular weight is 378 g/mol. The summed E-state index contributed by atoms with van der Waals surface area (Å²) in [6.07, 6.45) is 5.40. The maximum atomic E-state index is 13.1. The number of ether oxygens (including phenoxy) is 1. The second-order valence-electron chi connectivity index (χ2n) is 7.23. The van der Waals surface area contributed by atoms with Crippen LogP contribution in [0.1, 0.15) is 58.4 Å². The lowest BCUT2D eigenvalue weighted by molar-refractivity contribution is -0.118. The van der Waals surface area contributed by atoms with E-state index in [9.17, 15) is 14.4 Å². The summed E-state index contributed by atoms with van der Waals surface area (Å²) in [4.78, 5) is 37.4. The van der Waals surface area contributed by atoms with Crippen LogP contribution < -0.4 is 15.4 Å². The van der Waals surface area contributed by atoms with Crippen LogP contribution in [0.2, 0.25) is 0 Å². The SMILES string of the molecule is O=C1COc2ccc(C(=O)c3ccccc3C(=O)NC3CCCCC3)cc2N1. The molecular formula is C22H22N2O4. The molecule has 0 atom stereocenters. The number of amides is 2. The van der Waals surface area contributed by atoms with E-state index in [0.717, 1.165) is 25.7 Å². The summed E-state index contributed by atoms with van der Waals surface area (Å²) in [7, 11) is 0.